The first-order chi connectivity index (χ1) is 6.77. The minimum Gasteiger partial charge on any atom is -0.314 e. The molecule has 1 saturated heterocycles. The fourth-order valence-electron chi connectivity index (χ4n) is 1.70. The van der Waals surface area contributed by atoms with Crippen LogP contribution in [0, 0.1) is 6.92 Å². The third-order valence-electron chi connectivity index (χ3n) is 2.73. The van der Waals surface area contributed by atoms with Crippen LogP contribution in [0.4, 0.5) is 0 Å². The molecule has 1 aliphatic rings. The Bertz CT molecular complexity index is 299. The molecule has 0 radical (unpaired) electrons. The van der Waals surface area contributed by atoms with Crippen LogP contribution in [0.2, 0.25) is 0 Å². The van der Waals surface area contributed by atoms with Gasteiger partial charge in [-0.05, 0) is 25.4 Å². The van der Waals surface area contributed by atoms with Crippen LogP contribution >= 0.6 is 11.5 Å². The maximum atomic E-state index is 4.03. The topological polar surface area (TPSA) is 41.1 Å². The van der Waals surface area contributed by atoms with Crippen molar-refractivity contribution in [2.24, 2.45) is 0 Å². The molecule has 1 N–H and O–H groups in total. The van der Waals surface area contributed by atoms with Crippen LogP contribution < -0.4 is 5.32 Å². The van der Waals surface area contributed by atoms with Crippen molar-refractivity contribution in [2.75, 3.05) is 19.6 Å². The third-order valence-corrected chi connectivity index (χ3v) is 3.54. The first-order valence-electron chi connectivity index (χ1n) is 5.00. The van der Waals surface area contributed by atoms with E-state index in [1.165, 1.54) is 16.4 Å². The standard InChI is InChI=1S/C9H16N4S/c1-7-5-10-3-4-13(7)6-9-8(2)11-12-14-9/h7,10H,3-6H2,1-2H3/t7-/m0/s1. The highest BCUT2D eigenvalue weighted by Crippen LogP contribution is 2.15. The van der Waals surface area contributed by atoms with Gasteiger partial charge in [0.15, 0.2) is 0 Å². The van der Waals surface area contributed by atoms with E-state index in [9.17, 15) is 0 Å². The van der Waals surface area contributed by atoms with Crippen LogP contribution in [-0.4, -0.2) is 40.2 Å². The molecule has 1 atom stereocenters. The van der Waals surface area contributed by atoms with Crippen LogP contribution in [0.25, 0.3) is 0 Å². The van der Waals surface area contributed by atoms with Crippen LogP contribution in [0.3, 0.4) is 0 Å². The van der Waals surface area contributed by atoms with E-state index in [4.69, 9.17) is 0 Å². The molecule has 1 aromatic rings. The van der Waals surface area contributed by atoms with Gasteiger partial charge in [-0.25, -0.2) is 0 Å². The second-order valence-corrected chi connectivity index (χ2v) is 4.64. The van der Waals surface area contributed by atoms with Crippen LogP contribution in [0.1, 0.15) is 17.5 Å². The summed E-state index contributed by atoms with van der Waals surface area (Å²) in [6, 6.07) is 0.616. The molecule has 0 amide bonds. The Kier molecular flexibility index (Phi) is 3.10. The third kappa shape index (κ3) is 2.10. The van der Waals surface area contributed by atoms with E-state index in [0.717, 1.165) is 31.9 Å². The van der Waals surface area contributed by atoms with Gasteiger partial charge in [0.2, 0.25) is 0 Å². The number of nitrogens with one attached hydrogen (secondary N) is 1. The first kappa shape index (κ1) is 10.0. The molecule has 0 aromatic carbocycles. The van der Waals surface area contributed by atoms with E-state index in [0.29, 0.717) is 6.04 Å². The van der Waals surface area contributed by atoms with Crippen molar-refractivity contribution in [3.8, 4) is 0 Å². The Morgan fingerprint density at radius 3 is 3.14 bits per heavy atom. The quantitative estimate of drug-likeness (QED) is 0.781. The highest BCUT2D eigenvalue weighted by molar-refractivity contribution is 7.05. The highest BCUT2D eigenvalue weighted by Gasteiger charge is 2.19. The van der Waals surface area contributed by atoms with Gasteiger partial charge in [0, 0.05) is 32.2 Å². The molecular weight excluding hydrogens is 196 g/mol. The molecular formula is C9H16N4S. The SMILES string of the molecule is Cc1nnsc1CN1CCNC[C@@H]1C. The fourth-order valence-corrected chi connectivity index (χ4v) is 2.36. The van der Waals surface area contributed by atoms with Crippen molar-refractivity contribution in [3.63, 3.8) is 0 Å². The Balaban J connectivity index is 1.99. The van der Waals surface area contributed by atoms with Gasteiger partial charge in [-0.15, -0.1) is 5.10 Å². The van der Waals surface area contributed by atoms with Gasteiger partial charge < -0.3 is 5.32 Å². The molecule has 14 heavy (non-hydrogen) atoms. The minimum atomic E-state index is 0.616. The van der Waals surface area contributed by atoms with Gasteiger partial charge in [-0.3, -0.25) is 4.90 Å². The van der Waals surface area contributed by atoms with Crippen LogP contribution in [0.15, 0.2) is 0 Å². The van der Waals surface area contributed by atoms with Crippen LogP contribution in [0.5, 0.6) is 0 Å². The lowest BCUT2D eigenvalue weighted by Crippen LogP contribution is -2.49. The predicted molar refractivity (Wildman–Crippen MR) is 57.4 cm³/mol. The monoisotopic (exact) mass is 212 g/mol. The maximum Gasteiger partial charge on any atom is 0.0769 e. The summed E-state index contributed by atoms with van der Waals surface area (Å²) in [5.41, 5.74) is 1.08. The molecule has 1 fully saturated rings. The summed E-state index contributed by atoms with van der Waals surface area (Å²) in [5, 5.41) is 7.42. The van der Waals surface area contributed by atoms with Crippen molar-refractivity contribution in [1.82, 2.24) is 19.8 Å². The Morgan fingerprint density at radius 1 is 1.64 bits per heavy atom. The summed E-state index contributed by atoms with van der Waals surface area (Å²) < 4.78 is 3.96. The number of hydrogen-bond donors (Lipinski definition) is 1. The molecule has 5 heteroatoms. The molecule has 2 heterocycles. The lowest BCUT2D eigenvalue weighted by atomic mass is 10.2. The zero-order valence-corrected chi connectivity index (χ0v) is 9.47. The van der Waals surface area contributed by atoms with Gasteiger partial charge in [-0.1, -0.05) is 4.49 Å². The number of piperazine rings is 1. The summed E-state index contributed by atoms with van der Waals surface area (Å²) in [4.78, 5) is 3.79. The van der Waals surface area contributed by atoms with E-state index in [-0.39, 0.29) is 0 Å². The Morgan fingerprint density at radius 2 is 2.50 bits per heavy atom. The molecule has 1 aliphatic heterocycles. The van der Waals surface area contributed by atoms with E-state index >= 15 is 0 Å². The van der Waals surface area contributed by atoms with Crippen molar-refractivity contribution in [1.29, 1.82) is 0 Å². The average molecular weight is 212 g/mol. The highest BCUT2D eigenvalue weighted by atomic mass is 32.1. The van der Waals surface area contributed by atoms with Gasteiger partial charge in [0.25, 0.3) is 0 Å². The van der Waals surface area contributed by atoms with Crippen molar-refractivity contribution in [3.05, 3.63) is 10.6 Å². The zero-order chi connectivity index (χ0) is 9.97. The number of nitrogens with zero attached hydrogens (tertiary/aromatic N) is 3. The minimum absolute atomic E-state index is 0.616. The summed E-state index contributed by atoms with van der Waals surface area (Å²) in [5.74, 6) is 0. The van der Waals surface area contributed by atoms with Gasteiger partial charge in [-0.2, -0.15) is 0 Å². The van der Waals surface area contributed by atoms with Crippen molar-refractivity contribution in [2.45, 2.75) is 26.4 Å². The maximum absolute atomic E-state index is 4.03. The zero-order valence-electron chi connectivity index (χ0n) is 8.66. The Hall–Kier alpha value is -0.520. The number of rotatable bonds is 2. The lowest BCUT2D eigenvalue weighted by molar-refractivity contribution is 0.167. The lowest BCUT2D eigenvalue weighted by Gasteiger charge is -2.33. The smallest absolute Gasteiger partial charge is 0.0769 e. The molecule has 0 spiro atoms. The molecule has 78 valence electrons. The van der Waals surface area contributed by atoms with E-state index in [1.807, 2.05) is 6.92 Å². The van der Waals surface area contributed by atoms with E-state index in [2.05, 4.69) is 26.7 Å². The number of aromatic nitrogens is 2. The molecule has 0 bridgehead atoms. The van der Waals surface area contributed by atoms with E-state index < -0.39 is 0 Å². The molecule has 2 rings (SSSR count). The number of aryl methyl sites for hydroxylation is 1. The summed E-state index contributed by atoms with van der Waals surface area (Å²) in [6.45, 7) is 8.60. The Labute approximate surface area is 88.5 Å². The molecule has 0 unspecified atom stereocenters. The average Bonchev–Trinajstić information content (AvgIpc) is 2.56. The molecule has 4 nitrogen and oxygen atoms in total. The second kappa shape index (κ2) is 4.33. The van der Waals surface area contributed by atoms with Crippen LogP contribution in [-0.2, 0) is 6.54 Å². The largest absolute Gasteiger partial charge is 0.314 e. The molecule has 1 aromatic heterocycles. The summed E-state index contributed by atoms with van der Waals surface area (Å²) in [7, 11) is 0. The summed E-state index contributed by atoms with van der Waals surface area (Å²) in [6.07, 6.45) is 0. The van der Waals surface area contributed by atoms with E-state index in [1.54, 1.807) is 0 Å². The van der Waals surface area contributed by atoms with Gasteiger partial charge >= 0.3 is 0 Å². The normalized spacial score (nSPS) is 24.0. The first-order valence-corrected chi connectivity index (χ1v) is 5.77. The molecule has 0 saturated carbocycles. The number of hydrogen-bond acceptors (Lipinski definition) is 5. The summed E-state index contributed by atoms with van der Waals surface area (Å²) >= 11 is 1.52. The van der Waals surface area contributed by atoms with Crippen molar-refractivity contribution < 1.29 is 0 Å². The van der Waals surface area contributed by atoms with Gasteiger partial charge in [0.05, 0.1) is 10.6 Å². The van der Waals surface area contributed by atoms with Crippen molar-refractivity contribution >= 4 is 11.5 Å². The molecule has 0 aliphatic carbocycles. The second-order valence-electron chi connectivity index (χ2n) is 3.81. The van der Waals surface area contributed by atoms with Gasteiger partial charge in [0.1, 0.15) is 0 Å². The predicted octanol–water partition coefficient (Wildman–Crippen LogP) is 0.640. The fraction of sp³-hybridized carbons (Fsp3) is 0.778.